The van der Waals surface area contributed by atoms with E-state index in [1.807, 2.05) is 47.9 Å². The van der Waals surface area contributed by atoms with E-state index in [2.05, 4.69) is 20.6 Å². The van der Waals surface area contributed by atoms with Crippen LogP contribution in [0.3, 0.4) is 0 Å². The summed E-state index contributed by atoms with van der Waals surface area (Å²) in [6.45, 7) is 4.51. The molecule has 0 radical (unpaired) electrons. The van der Waals surface area contributed by atoms with E-state index < -0.39 is 0 Å². The van der Waals surface area contributed by atoms with Gasteiger partial charge in [-0.1, -0.05) is 12.1 Å². The second kappa shape index (κ2) is 7.41. The van der Waals surface area contributed by atoms with Crippen LogP contribution in [-0.2, 0) is 11.3 Å². The molecule has 5 nitrogen and oxygen atoms in total. The zero-order chi connectivity index (χ0) is 17.9. The average molecular weight is 366 g/mol. The third kappa shape index (κ3) is 3.55. The van der Waals surface area contributed by atoms with Crippen LogP contribution in [0.25, 0.3) is 17.1 Å². The van der Waals surface area contributed by atoms with Gasteiger partial charge in [-0.2, -0.15) is 0 Å². The molecule has 3 heterocycles. The van der Waals surface area contributed by atoms with Crippen molar-refractivity contribution < 1.29 is 4.79 Å². The maximum absolute atomic E-state index is 12.6. The lowest BCUT2D eigenvalue weighted by Crippen LogP contribution is -2.40. The quantitative estimate of drug-likeness (QED) is 0.661. The lowest BCUT2D eigenvalue weighted by atomic mass is 9.97. The van der Waals surface area contributed by atoms with E-state index in [9.17, 15) is 4.79 Å². The van der Waals surface area contributed by atoms with Gasteiger partial charge in [0.25, 0.3) is 0 Å². The third-order valence-corrected chi connectivity index (χ3v) is 5.87. The normalized spacial score (nSPS) is 18.0. The molecule has 6 heteroatoms. The Kier molecular flexibility index (Phi) is 4.84. The Hall–Kier alpha value is -2.47. The molecule has 0 N–H and O–H groups in total. The molecule has 134 valence electrons. The SMILES string of the molecule is Cc1ncsc1/C=C/C(=O)N1CCCC(Cn2cnc3ccccc32)C1. The Morgan fingerprint density at radius 3 is 3.08 bits per heavy atom. The Balaban J connectivity index is 1.41. The number of carbonyl (C=O) groups is 1. The lowest BCUT2D eigenvalue weighted by Gasteiger charge is -2.32. The minimum absolute atomic E-state index is 0.0954. The number of imidazole rings is 1. The zero-order valence-corrected chi connectivity index (χ0v) is 15.7. The number of rotatable bonds is 4. The monoisotopic (exact) mass is 366 g/mol. The number of hydrogen-bond donors (Lipinski definition) is 0. The molecule has 1 amide bonds. The van der Waals surface area contributed by atoms with E-state index >= 15 is 0 Å². The molecule has 1 saturated heterocycles. The molecule has 1 aliphatic heterocycles. The summed E-state index contributed by atoms with van der Waals surface area (Å²) in [5.41, 5.74) is 4.98. The fourth-order valence-corrected chi connectivity index (χ4v) is 4.27. The predicted octanol–water partition coefficient (Wildman–Crippen LogP) is 3.75. The summed E-state index contributed by atoms with van der Waals surface area (Å²) in [6.07, 6.45) is 7.69. The van der Waals surface area contributed by atoms with Crippen LogP contribution in [0.4, 0.5) is 0 Å². The van der Waals surface area contributed by atoms with Crippen LogP contribution < -0.4 is 0 Å². The zero-order valence-electron chi connectivity index (χ0n) is 14.8. The van der Waals surface area contributed by atoms with Gasteiger partial charge in [0.15, 0.2) is 0 Å². The second-order valence-electron chi connectivity index (χ2n) is 6.81. The number of piperidine rings is 1. The van der Waals surface area contributed by atoms with Gasteiger partial charge in [0.05, 0.1) is 28.6 Å². The number of carbonyl (C=O) groups excluding carboxylic acids is 1. The number of nitrogens with zero attached hydrogens (tertiary/aromatic N) is 4. The van der Waals surface area contributed by atoms with Gasteiger partial charge in [0, 0.05) is 30.6 Å². The number of benzene rings is 1. The number of fused-ring (bicyclic) bond motifs is 1. The van der Waals surface area contributed by atoms with Crippen molar-refractivity contribution in [3.05, 3.63) is 52.8 Å². The second-order valence-corrected chi connectivity index (χ2v) is 7.70. The van der Waals surface area contributed by atoms with Crippen LogP contribution in [-0.4, -0.2) is 38.4 Å². The van der Waals surface area contributed by atoms with Gasteiger partial charge in [-0.05, 0) is 43.9 Å². The summed E-state index contributed by atoms with van der Waals surface area (Å²) in [7, 11) is 0. The molecular formula is C20H22N4OS. The summed E-state index contributed by atoms with van der Waals surface area (Å²) in [5, 5.41) is 0. The van der Waals surface area contributed by atoms with Gasteiger partial charge in [-0.25, -0.2) is 9.97 Å². The predicted molar refractivity (Wildman–Crippen MR) is 105 cm³/mol. The highest BCUT2D eigenvalue weighted by molar-refractivity contribution is 7.10. The van der Waals surface area contributed by atoms with Gasteiger partial charge in [-0.15, -0.1) is 11.3 Å². The van der Waals surface area contributed by atoms with Gasteiger partial charge < -0.3 is 9.47 Å². The number of para-hydroxylation sites is 2. The standard InChI is InChI=1S/C20H22N4OS/c1-15-19(26-14-22-15)8-9-20(25)23-10-4-5-16(11-23)12-24-13-21-17-6-2-3-7-18(17)24/h2-3,6-9,13-14,16H,4-5,10-12H2,1H3/b9-8+. The lowest BCUT2D eigenvalue weighted by molar-refractivity contribution is -0.127. The first-order valence-electron chi connectivity index (χ1n) is 8.97. The van der Waals surface area contributed by atoms with Crippen LogP contribution in [0.15, 0.2) is 42.2 Å². The maximum Gasteiger partial charge on any atom is 0.246 e. The Morgan fingerprint density at radius 2 is 2.23 bits per heavy atom. The highest BCUT2D eigenvalue weighted by Gasteiger charge is 2.23. The number of aryl methyl sites for hydroxylation is 1. The number of aromatic nitrogens is 3. The first kappa shape index (κ1) is 17.0. The van der Waals surface area contributed by atoms with Gasteiger partial charge in [-0.3, -0.25) is 4.79 Å². The molecule has 1 unspecified atom stereocenters. The third-order valence-electron chi connectivity index (χ3n) is 4.97. The van der Waals surface area contributed by atoms with Crippen molar-refractivity contribution in [3.63, 3.8) is 0 Å². The number of thiazole rings is 1. The van der Waals surface area contributed by atoms with Crippen molar-refractivity contribution >= 4 is 34.4 Å². The van der Waals surface area contributed by atoms with E-state index in [4.69, 9.17) is 0 Å². The van der Waals surface area contributed by atoms with Crippen molar-refractivity contribution in [1.82, 2.24) is 19.4 Å². The van der Waals surface area contributed by atoms with E-state index in [1.54, 1.807) is 17.4 Å². The maximum atomic E-state index is 12.6. The van der Waals surface area contributed by atoms with Gasteiger partial charge in [0.1, 0.15) is 0 Å². The smallest absolute Gasteiger partial charge is 0.246 e. The first-order chi connectivity index (χ1) is 12.7. The van der Waals surface area contributed by atoms with Crippen LogP contribution in [0.1, 0.15) is 23.4 Å². The van der Waals surface area contributed by atoms with Crippen LogP contribution in [0.5, 0.6) is 0 Å². The Bertz CT molecular complexity index is 942. The number of likely N-dealkylation sites (tertiary alicyclic amines) is 1. The molecule has 0 spiro atoms. The van der Waals surface area contributed by atoms with E-state index in [-0.39, 0.29) is 5.91 Å². The molecule has 4 rings (SSSR count). The van der Waals surface area contributed by atoms with Crippen LogP contribution >= 0.6 is 11.3 Å². The Morgan fingerprint density at radius 1 is 1.35 bits per heavy atom. The number of hydrogen-bond acceptors (Lipinski definition) is 4. The molecule has 1 atom stereocenters. The summed E-state index contributed by atoms with van der Waals surface area (Å²) < 4.78 is 2.21. The highest BCUT2D eigenvalue weighted by Crippen LogP contribution is 2.22. The van der Waals surface area contributed by atoms with E-state index in [0.29, 0.717) is 5.92 Å². The van der Waals surface area contributed by atoms with Crippen molar-refractivity contribution in [2.75, 3.05) is 13.1 Å². The summed E-state index contributed by atoms with van der Waals surface area (Å²) in [4.78, 5) is 24.3. The summed E-state index contributed by atoms with van der Waals surface area (Å²) in [5.74, 6) is 0.557. The largest absolute Gasteiger partial charge is 0.339 e. The van der Waals surface area contributed by atoms with Gasteiger partial charge >= 0.3 is 0 Å². The summed E-state index contributed by atoms with van der Waals surface area (Å²) in [6, 6.07) is 8.20. The fraction of sp³-hybridized carbons (Fsp3) is 0.350. The first-order valence-corrected chi connectivity index (χ1v) is 9.85. The van der Waals surface area contributed by atoms with Crippen molar-refractivity contribution in [1.29, 1.82) is 0 Å². The molecular weight excluding hydrogens is 344 g/mol. The molecule has 0 saturated carbocycles. The van der Waals surface area contributed by atoms with E-state index in [0.717, 1.165) is 54.1 Å². The molecule has 1 aliphatic rings. The fourth-order valence-electron chi connectivity index (χ4n) is 3.57. The van der Waals surface area contributed by atoms with Crippen LogP contribution in [0.2, 0.25) is 0 Å². The van der Waals surface area contributed by atoms with Crippen molar-refractivity contribution in [3.8, 4) is 0 Å². The minimum atomic E-state index is 0.0954. The van der Waals surface area contributed by atoms with Gasteiger partial charge in [0.2, 0.25) is 5.91 Å². The number of amides is 1. The molecule has 1 fully saturated rings. The van der Waals surface area contributed by atoms with Crippen molar-refractivity contribution in [2.45, 2.75) is 26.3 Å². The molecule has 26 heavy (non-hydrogen) atoms. The average Bonchev–Trinajstić information content (AvgIpc) is 3.26. The molecule has 0 bridgehead atoms. The molecule has 3 aromatic rings. The summed E-state index contributed by atoms with van der Waals surface area (Å²) >= 11 is 1.56. The molecule has 0 aliphatic carbocycles. The van der Waals surface area contributed by atoms with Crippen molar-refractivity contribution in [2.24, 2.45) is 5.92 Å². The Labute approximate surface area is 157 Å². The topological polar surface area (TPSA) is 51.0 Å². The minimum Gasteiger partial charge on any atom is -0.339 e. The highest BCUT2D eigenvalue weighted by atomic mass is 32.1. The van der Waals surface area contributed by atoms with E-state index in [1.165, 1.54) is 0 Å². The van der Waals surface area contributed by atoms with Crippen LogP contribution in [0, 0.1) is 12.8 Å². The molecule has 2 aromatic heterocycles. The molecule has 1 aromatic carbocycles.